The third-order valence-corrected chi connectivity index (χ3v) is 3.42. The van der Waals surface area contributed by atoms with Gasteiger partial charge in [-0.15, -0.1) is 0 Å². The van der Waals surface area contributed by atoms with Crippen LogP contribution in [0.2, 0.25) is 0 Å². The first-order valence-corrected chi connectivity index (χ1v) is 6.68. The Morgan fingerprint density at radius 1 is 1.38 bits per heavy atom. The van der Waals surface area contributed by atoms with Crippen molar-refractivity contribution in [3.8, 4) is 0 Å². The van der Waals surface area contributed by atoms with Crippen molar-refractivity contribution in [1.29, 1.82) is 0 Å². The first-order chi connectivity index (χ1) is 10.1. The molecule has 0 aliphatic heterocycles. The molecule has 5 nitrogen and oxygen atoms in total. The third kappa shape index (κ3) is 3.78. The Hall–Kier alpha value is -2.43. The fourth-order valence-electron chi connectivity index (χ4n) is 2.29. The Bertz CT molecular complexity index is 590. The number of hydrogen-bond acceptors (Lipinski definition) is 5. The lowest BCUT2D eigenvalue weighted by molar-refractivity contribution is -0.138. The summed E-state index contributed by atoms with van der Waals surface area (Å²) in [6.45, 7) is -0.164. The number of esters is 1. The van der Waals surface area contributed by atoms with Crippen LogP contribution in [0.4, 0.5) is 0 Å². The number of aliphatic hydroxyl groups excluding tert-OH is 1. The lowest BCUT2D eigenvalue weighted by atomic mass is 9.83. The van der Waals surface area contributed by atoms with Crippen LogP contribution in [0.1, 0.15) is 24.3 Å². The number of ketones is 1. The van der Waals surface area contributed by atoms with Gasteiger partial charge in [0.2, 0.25) is 0 Å². The molecule has 5 heteroatoms. The fourth-order valence-corrected chi connectivity index (χ4v) is 2.29. The Balaban J connectivity index is 2.10. The normalized spacial score (nSPS) is 19.1. The molecule has 1 unspecified atom stereocenters. The molecule has 0 saturated heterocycles. The molecule has 0 aromatic heterocycles. The molecular weight excluding hydrogens is 270 g/mol. The van der Waals surface area contributed by atoms with E-state index < -0.39 is 5.97 Å². The average Bonchev–Trinajstić information content (AvgIpc) is 2.50. The van der Waals surface area contributed by atoms with E-state index >= 15 is 0 Å². The first kappa shape index (κ1) is 15.0. The van der Waals surface area contributed by atoms with Crippen molar-refractivity contribution in [1.82, 2.24) is 0 Å². The van der Waals surface area contributed by atoms with E-state index in [1.807, 2.05) is 30.3 Å². The summed E-state index contributed by atoms with van der Waals surface area (Å²) in [5.41, 5.74) is 1.22. The zero-order chi connectivity index (χ0) is 15.2. The van der Waals surface area contributed by atoms with Crippen LogP contribution in [-0.2, 0) is 14.3 Å². The molecule has 0 spiro atoms. The summed E-state index contributed by atoms with van der Waals surface area (Å²) in [5, 5.41) is 10.0. The fraction of sp³-hybridized carbons (Fsp3) is 0.312. The van der Waals surface area contributed by atoms with Gasteiger partial charge in [-0.2, -0.15) is 0 Å². The molecule has 1 aromatic rings. The van der Waals surface area contributed by atoms with Gasteiger partial charge in [-0.1, -0.05) is 30.3 Å². The number of aliphatic hydroxyl groups is 1. The van der Waals surface area contributed by atoms with E-state index in [0.717, 1.165) is 5.56 Å². The zero-order valence-electron chi connectivity index (χ0n) is 11.8. The van der Waals surface area contributed by atoms with Crippen molar-refractivity contribution < 1.29 is 19.4 Å². The highest BCUT2D eigenvalue weighted by Gasteiger charge is 2.27. The van der Waals surface area contributed by atoms with Crippen LogP contribution in [0.3, 0.4) is 0 Å². The number of ether oxygens (including phenoxy) is 1. The maximum atomic E-state index is 12.1. The van der Waals surface area contributed by atoms with Gasteiger partial charge in [0.1, 0.15) is 12.3 Å². The molecule has 0 saturated carbocycles. The lowest BCUT2D eigenvalue weighted by Crippen LogP contribution is -2.19. The Labute approximate surface area is 123 Å². The highest BCUT2D eigenvalue weighted by atomic mass is 16.5. The molecule has 21 heavy (non-hydrogen) atoms. The third-order valence-electron chi connectivity index (χ3n) is 3.42. The second-order valence-corrected chi connectivity index (χ2v) is 4.85. The van der Waals surface area contributed by atoms with Gasteiger partial charge in [0.25, 0.3) is 0 Å². The van der Waals surface area contributed by atoms with Crippen molar-refractivity contribution in [2.45, 2.75) is 18.8 Å². The molecule has 0 radical (unpaired) electrons. The number of carbonyl (C=O) groups excluding carboxylic acids is 2. The Morgan fingerprint density at radius 3 is 2.71 bits per heavy atom. The maximum Gasteiger partial charge on any atom is 0.327 e. The van der Waals surface area contributed by atoms with Crippen molar-refractivity contribution in [3.05, 3.63) is 47.2 Å². The van der Waals surface area contributed by atoms with Gasteiger partial charge in [0, 0.05) is 19.1 Å². The lowest BCUT2D eigenvalue weighted by Gasteiger charge is -2.22. The highest BCUT2D eigenvalue weighted by Crippen LogP contribution is 2.32. The number of nitrogens with zero attached hydrogens (tertiary/aromatic N) is 1. The molecule has 0 heterocycles. The van der Waals surface area contributed by atoms with Crippen molar-refractivity contribution in [2.24, 2.45) is 4.99 Å². The summed E-state index contributed by atoms with van der Waals surface area (Å²) in [6, 6.07) is 9.62. The van der Waals surface area contributed by atoms with Gasteiger partial charge in [-0.05, 0) is 11.5 Å². The molecule has 1 N–H and O–H groups in total. The SMILES string of the molecule is COC(=O)CN=CC1=C(O)CC(c2ccccc2)CC1=O. The minimum atomic E-state index is -0.489. The summed E-state index contributed by atoms with van der Waals surface area (Å²) in [7, 11) is 1.27. The molecular formula is C16H17NO4. The summed E-state index contributed by atoms with van der Waals surface area (Å²) < 4.78 is 4.45. The van der Waals surface area contributed by atoms with Crippen LogP contribution in [0.5, 0.6) is 0 Å². The van der Waals surface area contributed by atoms with E-state index in [1.165, 1.54) is 13.3 Å². The van der Waals surface area contributed by atoms with Crippen LogP contribution in [-0.4, -0.2) is 36.7 Å². The molecule has 0 fully saturated rings. The zero-order valence-corrected chi connectivity index (χ0v) is 11.8. The second kappa shape index (κ2) is 6.83. The predicted octanol–water partition coefficient (Wildman–Crippen LogP) is 2.19. The van der Waals surface area contributed by atoms with Gasteiger partial charge in [-0.25, -0.2) is 0 Å². The van der Waals surface area contributed by atoms with Gasteiger partial charge in [0.15, 0.2) is 5.78 Å². The van der Waals surface area contributed by atoms with Gasteiger partial charge >= 0.3 is 5.97 Å². The number of allylic oxidation sites excluding steroid dienone is 2. The van der Waals surface area contributed by atoms with E-state index in [1.54, 1.807) is 0 Å². The molecule has 1 aliphatic rings. The summed E-state index contributed by atoms with van der Waals surface area (Å²) in [5.74, 6) is -0.650. The van der Waals surface area contributed by atoms with Crippen LogP contribution in [0.15, 0.2) is 46.7 Å². The largest absolute Gasteiger partial charge is 0.511 e. The maximum absolute atomic E-state index is 12.1. The average molecular weight is 287 g/mol. The van der Waals surface area contributed by atoms with Crippen LogP contribution >= 0.6 is 0 Å². The number of rotatable bonds is 4. The summed E-state index contributed by atoms with van der Waals surface area (Å²) >= 11 is 0. The van der Waals surface area contributed by atoms with E-state index in [4.69, 9.17) is 0 Å². The molecule has 0 bridgehead atoms. The summed E-state index contributed by atoms with van der Waals surface area (Å²) in [6.07, 6.45) is 1.98. The van der Waals surface area contributed by atoms with E-state index in [9.17, 15) is 14.7 Å². The Morgan fingerprint density at radius 2 is 2.10 bits per heavy atom. The van der Waals surface area contributed by atoms with Gasteiger partial charge < -0.3 is 9.84 Å². The standard InChI is InChI=1S/C16H17NO4/c1-21-16(20)10-17-9-13-14(18)7-12(8-15(13)19)11-5-3-2-4-6-11/h2-6,9,12,18H,7-8,10H2,1H3. The smallest absolute Gasteiger partial charge is 0.327 e. The van der Waals surface area contributed by atoms with Crippen LogP contribution in [0, 0.1) is 0 Å². The van der Waals surface area contributed by atoms with Crippen molar-refractivity contribution in [2.75, 3.05) is 13.7 Å². The summed E-state index contributed by atoms with van der Waals surface area (Å²) in [4.78, 5) is 26.9. The number of Topliss-reactive ketones (excluding diaryl/α,β-unsaturated/α-hetero) is 1. The van der Waals surface area contributed by atoms with Gasteiger partial charge in [0.05, 0.1) is 12.7 Å². The predicted molar refractivity (Wildman–Crippen MR) is 78.5 cm³/mol. The molecule has 1 aromatic carbocycles. The van der Waals surface area contributed by atoms with Crippen molar-refractivity contribution >= 4 is 18.0 Å². The van der Waals surface area contributed by atoms with Crippen molar-refractivity contribution in [3.63, 3.8) is 0 Å². The highest BCUT2D eigenvalue weighted by molar-refractivity contribution is 6.14. The molecule has 0 amide bonds. The van der Waals surface area contributed by atoms with Crippen LogP contribution < -0.4 is 0 Å². The Kier molecular flexibility index (Phi) is 4.87. The first-order valence-electron chi connectivity index (χ1n) is 6.68. The van der Waals surface area contributed by atoms with E-state index in [0.29, 0.717) is 12.8 Å². The van der Waals surface area contributed by atoms with E-state index in [2.05, 4.69) is 9.73 Å². The number of benzene rings is 1. The monoisotopic (exact) mass is 287 g/mol. The second-order valence-electron chi connectivity index (χ2n) is 4.85. The topological polar surface area (TPSA) is 76.0 Å². The molecule has 1 aliphatic carbocycles. The quantitative estimate of drug-likeness (QED) is 0.680. The number of hydrogen-bond donors (Lipinski definition) is 1. The number of carbonyl (C=O) groups is 2. The number of methoxy groups -OCH3 is 1. The van der Waals surface area contributed by atoms with E-state index in [-0.39, 0.29) is 29.6 Å². The minimum absolute atomic E-state index is 0.0172. The number of aliphatic imine (C=N–C) groups is 1. The molecule has 2 rings (SSSR count). The minimum Gasteiger partial charge on any atom is -0.511 e. The van der Waals surface area contributed by atoms with Crippen LogP contribution in [0.25, 0.3) is 0 Å². The van der Waals surface area contributed by atoms with Gasteiger partial charge in [-0.3, -0.25) is 14.6 Å². The molecule has 1 atom stereocenters. The molecule has 110 valence electrons.